The van der Waals surface area contributed by atoms with Crippen molar-refractivity contribution in [3.63, 3.8) is 0 Å². The van der Waals surface area contributed by atoms with Crippen LogP contribution in [0.25, 0.3) is 0 Å². The number of fused-ring (bicyclic) bond motifs is 1. The fourth-order valence-corrected chi connectivity index (χ4v) is 6.90. The Hall–Kier alpha value is -1.15. The Morgan fingerprint density at radius 1 is 1.22 bits per heavy atom. The van der Waals surface area contributed by atoms with E-state index < -0.39 is 11.7 Å². The van der Waals surface area contributed by atoms with Gasteiger partial charge in [0.2, 0.25) is 5.91 Å². The van der Waals surface area contributed by atoms with Crippen LogP contribution in [0.2, 0.25) is 0 Å². The standard InChI is InChI=1S/C18H24FN3O/c19-18-6-10-1-11(7-18)5-17(4-10,9-18)15(21)16(23)22-13(8-20)2-12-3-14(12)22/h10-15H,1-7,9,21H2. The molecule has 2 N–H and O–H groups in total. The van der Waals surface area contributed by atoms with Crippen molar-refractivity contribution in [2.24, 2.45) is 28.9 Å². The monoisotopic (exact) mass is 317 g/mol. The first-order valence-corrected chi connectivity index (χ1v) is 9.09. The molecular formula is C18H24FN3O. The Kier molecular flexibility index (Phi) is 2.64. The minimum Gasteiger partial charge on any atom is -0.322 e. The second-order valence-electron chi connectivity index (χ2n) is 9.14. The predicted molar refractivity (Wildman–Crippen MR) is 81.7 cm³/mol. The Labute approximate surface area is 136 Å². The molecule has 1 aliphatic heterocycles. The maximum atomic E-state index is 15.1. The van der Waals surface area contributed by atoms with Crippen LogP contribution in [0, 0.1) is 34.5 Å². The molecule has 0 radical (unpaired) electrons. The Morgan fingerprint density at radius 2 is 1.91 bits per heavy atom. The summed E-state index contributed by atoms with van der Waals surface area (Å²) in [5, 5.41) is 9.34. The number of hydrogen-bond donors (Lipinski definition) is 1. The van der Waals surface area contributed by atoms with Crippen LogP contribution in [-0.4, -0.2) is 34.6 Å². The van der Waals surface area contributed by atoms with Crippen molar-refractivity contribution < 1.29 is 9.18 Å². The molecule has 0 aromatic heterocycles. The van der Waals surface area contributed by atoms with Gasteiger partial charge in [0, 0.05) is 6.04 Å². The minimum atomic E-state index is -1.09. The van der Waals surface area contributed by atoms with Crippen LogP contribution in [0.5, 0.6) is 0 Å². The normalized spacial score (nSPS) is 53.8. The third kappa shape index (κ3) is 1.88. The average Bonchev–Trinajstić information content (AvgIpc) is 3.14. The summed E-state index contributed by atoms with van der Waals surface area (Å²) in [7, 11) is 0. The molecule has 5 saturated carbocycles. The highest BCUT2D eigenvalue weighted by Crippen LogP contribution is 2.64. The number of amides is 1. The number of nitriles is 1. The highest BCUT2D eigenvalue weighted by Gasteiger charge is 2.63. The van der Waals surface area contributed by atoms with E-state index in [9.17, 15) is 10.1 Å². The molecule has 0 aromatic carbocycles. The minimum absolute atomic E-state index is 0.0768. The van der Waals surface area contributed by atoms with E-state index in [1.165, 1.54) is 0 Å². The van der Waals surface area contributed by atoms with Gasteiger partial charge in [-0.1, -0.05) is 0 Å². The average molecular weight is 317 g/mol. The predicted octanol–water partition coefficient (Wildman–Crippen LogP) is 2.14. The van der Waals surface area contributed by atoms with Crippen LogP contribution in [-0.2, 0) is 4.79 Å². The number of alkyl halides is 1. The summed E-state index contributed by atoms with van der Waals surface area (Å²) in [6, 6.07) is 1.56. The van der Waals surface area contributed by atoms with Gasteiger partial charge in [0.15, 0.2) is 0 Å². The first kappa shape index (κ1) is 14.2. The number of carbonyl (C=O) groups excluding carboxylic acids is 1. The maximum Gasteiger partial charge on any atom is 0.241 e. The number of rotatable bonds is 2. The molecule has 6 atom stereocenters. The van der Waals surface area contributed by atoms with E-state index >= 15 is 4.39 Å². The number of likely N-dealkylation sites (tertiary alicyclic amines) is 1. The summed E-state index contributed by atoms with van der Waals surface area (Å²) < 4.78 is 15.1. The number of nitrogens with zero attached hydrogens (tertiary/aromatic N) is 2. The lowest BCUT2D eigenvalue weighted by Crippen LogP contribution is -2.64. The largest absolute Gasteiger partial charge is 0.322 e. The number of halogens is 1. The zero-order valence-corrected chi connectivity index (χ0v) is 13.4. The van der Waals surface area contributed by atoms with Gasteiger partial charge in [-0.25, -0.2) is 4.39 Å². The molecule has 0 aromatic rings. The van der Waals surface area contributed by atoms with Crippen molar-refractivity contribution in [1.82, 2.24) is 4.90 Å². The van der Waals surface area contributed by atoms with Crippen molar-refractivity contribution in [3.8, 4) is 6.07 Å². The summed E-state index contributed by atoms with van der Waals surface area (Å²) in [5.74, 6) is 1.23. The van der Waals surface area contributed by atoms with Gasteiger partial charge in [0.05, 0.1) is 12.1 Å². The second-order valence-corrected chi connectivity index (χ2v) is 9.14. The van der Waals surface area contributed by atoms with E-state index in [1.54, 1.807) is 4.90 Å². The molecule has 0 spiro atoms. The van der Waals surface area contributed by atoms with E-state index in [4.69, 9.17) is 5.73 Å². The molecule has 124 valence electrons. The van der Waals surface area contributed by atoms with Crippen LogP contribution in [0.4, 0.5) is 4.39 Å². The molecule has 5 aliphatic carbocycles. The van der Waals surface area contributed by atoms with E-state index in [-0.39, 0.29) is 23.4 Å². The SMILES string of the molecule is N#CC1CC2CC2N1C(=O)C(N)C12CC3CC(CC(F)(C3)C1)C2. The molecule has 1 heterocycles. The van der Waals surface area contributed by atoms with Crippen molar-refractivity contribution in [3.05, 3.63) is 0 Å². The molecule has 23 heavy (non-hydrogen) atoms. The summed E-state index contributed by atoms with van der Waals surface area (Å²) in [4.78, 5) is 14.9. The Balaban J connectivity index is 1.43. The topological polar surface area (TPSA) is 70.1 Å². The summed E-state index contributed by atoms with van der Waals surface area (Å²) in [5.41, 5.74) is 5.03. The molecule has 4 bridgehead atoms. The van der Waals surface area contributed by atoms with Crippen LogP contribution in [0.3, 0.4) is 0 Å². The number of carbonyl (C=O) groups is 1. The lowest BCUT2D eigenvalue weighted by Gasteiger charge is -2.60. The zero-order valence-electron chi connectivity index (χ0n) is 13.4. The quantitative estimate of drug-likeness (QED) is 0.848. The molecule has 1 amide bonds. The van der Waals surface area contributed by atoms with Gasteiger partial charge < -0.3 is 10.6 Å². The highest BCUT2D eigenvalue weighted by molar-refractivity contribution is 5.84. The number of nitrogens with two attached hydrogens (primary N) is 1. The van der Waals surface area contributed by atoms with Crippen molar-refractivity contribution >= 4 is 5.91 Å². The van der Waals surface area contributed by atoms with E-state index in [1.807, 2.05) is 0 Å². The van der Waals surface area contributed by atoms with Crippen LogP contribution in [0.15, 0.2) is 0 Å². The van der Waals surface area contributed by atoms with Crippen molar-refractivity contribution in [2.45, 2.75) is 75.2 Å². The maximum absolute atomic E-state index is 15.1. The van der Waals surface area contributed by atoms with Crippen molar-refractivity contribution in [1.29, 1.82) is 5.26 Å². The van der Waals surface area contributed by atoms with Crippen LogP contribution < -0.4 is 5.73 Å². The summed E-state index contributed by atoms with van der Waals surface area (Å²) >= 11 is 0. The fraction of sp³-hybridized carbons (Fsp3) is 0.889. The molecule has 6 unspecified atom stereocenters. The van der Waals surface area contributed by atoms with Gasteiger partial charge in [0.25, 0.3) is 0 Å². The lowest BCUT2D eigenvalue weighted by molar-refractivity contribution is -0.156. The smallest absolute Gasteiger partial charge is 0.241 e. The van der Waals surface area contributed by atoms with Gasteiger partial charge in [0.1, 0.15) is 11.7 Å². The van der Waals surface area contributed by atoms with E-state index in [0.717, 1.165) is 32.1 Å². The Bertz CT molecular complexity index is 600. The van der Waals surface area contributed by atoms with E-state index in [2.05, 4.69) is 6.07 Å². The molecule has 4 nitrogen and oxygen atoms in total. The Morgan fingerprint density at radius 3 is 2.52 bits per heavy atom. The second kappa shape index (κ2) is 4.27. The number of hydrogen-bond acceptors (Lipinski definition) is 3. The molecule has 1 saturated heterocycles. The molecule has 5 heteroatoms. The van der Waals surface area contributed by atoms with Gasteiger partial charge in [-0.15, -0.1) is 0 Å². The third-order valence-electron chi connectivity index (χ3n) is 7.47. The molecule has 6 rings (SSSR count). The first-order valence-electron chi connectivity index (χ1n) is 9.09. The summed E-state index contributed by atoms with van der Waals surface area (Å²) in [6.07, 6.45) is 6.53. The van der Waals surface area contributed by atoms with Gasteiger partial charge in [-0.2, -0.15) is 5.26 Å². The zero-order chi connectivity index (χ0) is 16.0. The highest BCUT2D eigenvalue weighted by atomic mass is 19.1. The molecule has 6 fully saturated rings. The fourth-order valence-electron chi connectivity index (χ4n) is 6.90. The summed E-state index contributed by atoms with van der Waals surface area (Å²) in [6.45, 7) is 0. The molecule has 6 aliphatic rings. The third-order valence-corrected chi connectivity index (χ3v) is 7.47. The lowest BCUT2D eigenvalue weighted by atomic mass is 9.46. The van der Waals surface area contributed by atoms with E-state index in [0.29, 0.717) is 37.0 Å². The van der Waals surface area contributed by atoms with Gasteiger partial charge in [-0.3, -0.25) is 4.79 Å². The van der Waals surface area contributed by atoms with Gasteiger partial charge in [-0.05, 0) is 74.5 Å². The molecular weight excluding hydrogens is 293 g/mol. The first-order chi connectivity index (χ1) is 10.9. The van der Waals surface area contributed by atoms with Crippen molar-refractivity contribution in [2.75, 3.05) is 0 Å². The van der Waals surface area contributed by atoms with Crippen LogP contribution >= 0.6 is 0 Å². The van der Waals surface area contributed by atoms with Gasteiger partial charge >= 0.3 is 0 Å². The number of piperidine rings is 1. The van der Waals surface area contributed by atoms with Crippen LogP contribution in [0.1, 0.15) is 51.4 Å².